The monoisotopic (exact) mass is 525 g/mol. The zero-order valence-electron chi connectivity index (χ0n) is 18.6. The minimum atomic E-state index is -0.659. The molecule has 0 atom stereocenters. The predicted molar refractivity (Wildman–Crippen MR) is 130 cm³/mol. The molecule has 0 aliphatic heterocycles. The highest BCUT2D eigenvalue weighted by molar-refractivity contribution is 9.10. The van der Waals surface area contributed by atoms with Crippen molar-refractivity contribution in [3.63, 3.8) is 0 Å². The summed E-state index contributed by atoms with van der Waals surface area (Å²) in [5, 5.41) is 0. The summed E-state index contributed by atoms with van der Waals surface area (Å²) in [4.78, 5) is 12.3. The van der Waals surface area contributed by atoms with E-state index in [0.29, 0.717) is 17.9 Å². The van der Waals surface area contributed by atoms with Gasteiger partial charge < -0.3 is 14.0 Å². The molecule has 4 rings (SSSR count). The number of benzene rings is 3. The average molecular weight is 526 g/mol. The van der Waals surface area contributed by atoms with Gasteiger partial charge in [0, 0.05) is 33.0 Å². The fraction of sp³-hybridized carbons (Fsp3) is 0.148. The smallest absolute Gasteiger partial charge is 0.338 e. The Bertz CT molecular complexity index is 1350. The minimum Gasteiger partial charge on any atom is -0.488 e. The average Bonchev–Trinajstić information content (AvgIpc) is 3.20. The van der Waals surface area contributed by atoms with Crippen LogP contribution in [-0.4, -0.2) is 17.1 Å². The molecule has 0 N–H and O–H groups in total. The van der Waals surface area contributed by atoms with Gasteiger partial charge in [-0.3, -0.25) is 0 Å². The second kappa shape index (κ2) is 10.2. The molecular formula is C27H22BrF2NO3. The molecule has 34 heavy (non-hydrogen) atoms. The summed E-state index contributed by atoms with van der Waals surface area (Å²) < 4.78 is 41.3. The molecule has 0 saturated carbocycles. The Morgan fingerprint density at radius 2 is 1.82 bits per heavy atom. The van der Waals surface area contributed by atoms with E-state index >= 15 is 0 Å². The van der Waals surface area contributed by atoms with E-state index in [1.165, 1.54) is 12.1 Å². The fourth-order valence-corrected chi connectivity index (χ4v) is 4.06. The molecule has 7 heteroatoms. The van der Waals surface area contributed by atoms with Crippen LogP contribution in [0.3, 0.4) is 0 Å². The summed E-state index contributed by atoms with van der Waals surface area (Å²) in [5.41, 5.74) is 4.05. The van der Waals surface area contributed by atoms with E-state index in [1.54, 1.807) is 31.2 Å². The van der Waals surface area contributed by atoms with Gasteiger partial charge in [0.1, 0.15) is 24.0 Å². The molecule has 0 amide bonds. The first-order chi connectivity index (χ1) is 16.4. The first-order valence-corrected chi connectivity index (χ1v) is 11.5. The lowest BCUT2D eigenvalue weighted by molar-refractivity contribution is 0.0526. The van der Waals surface area contributed by atoms with E-state index < -0.39 is 11.6 Å². The van der Waals surface area contributed by atoms with Gasteiger partial charge >= 0.3 is 5.97 Å². The number of hydrogen-bond acceptors (Lipinski definition) is 3. The van der Waals surface area contributed by atoms with Crippen LogP contribution in [0.5, 0.6) is 5.75 Å². The van der Waals surface area contributed by atoms with Gasteiger partial charge in [-0.05, 0) is 74.5 Å². The van der Waals surface area contributed by atoms with Crippen molar-refractivity contribution in [3.8, 4) is 22.7 Å². The van der Waals surface area contributed by atoms with E-state index in [9.17, 15) is 13.6 Å². The van der Waals surface area contributed by atoms with E-state index in [0.717, 1.165) is 33.2 Å². The van der Waals surface area contributed by atoms with Crippen molar-refractivity contribution in [1.29, 1.82) is 0 Å². The van der Waals surface area contributed by atoms with Crippen molar-refractivity contribution in [2.45, 2.75) is 20.5 Å². The van der Waals surface area contributed by atoms with E-state index in [1.807, 2.05) is 41.8 Å². The number of nitrogens with zero attached hydrogens (tertiary/aromatic N) is 1. The van der Waals surface area contributed by atoms with Gasteiger partial charge in [0.15, 0.2) is 0 Å². The SMILES string of the molecule is CCOC(=O)c1cccc(-n2c(C)ccc2-c2cc(Br)ccc2OCc2ccc(F)cc2F)c1. The number of hydrogen-bond donors (Lipinski definition) is 0. The maximum atomic E-state index is 14.1. The molecule has 4 aromatic rings. The molecule has 4 nitrogen and oxygen atoms in total. The lowest BCUT2D eigenvalue weighted by atomic mass is 10.1. The second-order valence-corrected chi connectivity index (χ2v) is 8.55. The molecule has 0 aliphatic rings. The number of halogens is 3. The number of aromatic nitrogens is 1. The molecule has 0 spiro atoms. The highest BCUT2D eigenvalue weighted by Crippen LogP contribution is 2.36. The molecule has 3 aromatic carbocycles. The lowest BCUT2D eigenvalue weighted by Gasteiger charge is -2.17. The molecule has 0 bridgehead atoms. The van der Waals surface area contributed by atoms with Gasteiger partial charge in [0.2, 0.25) is 0 Å². The Morgan fingerprint density at radius 1 is 1.00 bits per heavy atom. The first-order valence-electron chi connectivity index (χ1n) is 10.7. The predicted octanol–water partition coefficient (Wildman–Crippen LogP) is 7.25. The quantitative estimate of drug-likeness (QED) is 0.238. The molecule has 174 valence electrons. The molecule has 1 heterocycles. The zero-order chi connectivity index (χ0) is 24.2. The molecule has 0 radical (unpaired) electrons. The van der Waals surface area contributed by atoms with Crippen molar-refractivity contribution >= 4 is 21.9 Å². The topological polar surface area (TPSA) is 40.5 Å². The minimum absolute atomic E-state index is 0.0568. The first kappa shape index (κ1) is 23.7. The summed E-state index contributed by atoms with van der Waals surface area (Å²) in [7, 11) is 0. The Morgan fingerprint density at radius 3 is 2.59 bits per heavy atom. The Hall–Kier alpha value is -3.45. The highest BCUT2D eigenvalue weighted by atomic mass is 79.9. The molecular weight excluding hydrogens is 504 g/mol. The Labute approximate surface area is 204 Å². The van der Waals surface area contributed by atoms with E-state index in [2.05, 4.69) is 15.9 Å². The van der Waals surface area contributed by atoms with Gasteiger partial charge in [-0.1, -0.05) is 22.0 Å². The largest absolute Gasteiger partial charge is 0.488 e. The van der Waals surface area contributed by atoms with Crippen LogP contribution in [0.4, 0.5) is 8.78 Å². The van der Waals surface area contributed by atoms with Gasteiger partial charge in [0.25, 0.3) is 0 Å². The van der Waals surface area contributed by atoms with Crippen LogP contribution in [0.25, 0.3) is 16.9 Å². The van der Waals surface area contributed by atoms with Gasteiger partial charge in [-0.2, -0.15) is 0 Å². The molecule has 0 fully saturated rings. The fourth-order valence-electron chi connectivity index (χ4n) is 3.70. The van der Waals surface area contributed by atoms with Gasteiger partial charge in [0.05, 0.1) is 17.9 Å². The van der Waals surface area contributed by atoms with Crippen molar-refractivity contribution in [2.24, 2.45) is 0 Å². The van der Waals surface area contributed by atoms with E-state index in [4.69, 9.17) is 9.47 Å². The molecule has 0 unspecified atom stereocenters. The Kier molecular flexibility index (Phi) is 7.12. The van der Waals surface area contributed by atoms with Crippen LogP contribution < -0.4 is 4.74 Å². The van der Waals surface area contributed by atoms with Crippen LogP contribution in [0.15, 0.2) is 77.3 Å². The van der Waals surface area contributed by atoms with E-state index in [-0.39, 0.29) is 18.1 Å². The van der Waals surface area contributed by atoms with Crippen LogP contribution in [-0.2, 0) is 11.3 Å². The third-order valence-electron chi connectivity index (χ3n) is 5.31. The summed E-state index contributed by atoms with van der Waals surface area (Å²) in [6.07, 6.45) is 0. The van der Waals surface area contributed by atoms with Crippen LogP contribution in [0.1, 0.15) is 28.5 Å². The summed E-state index contributed by atoms with van der Waals surface area (Å²) >= 11 is 3.52. The lowest BCUT2D eigenvalue weighted by Crippen LogP contribution is -2.07. The normalized spacial score (nSPS) is 10.9. The number of esters is 1. The molecule has 1 aromatic heterocycles. The summed E-state index contributed by atoms with van der Waals surface area (Å²) in [5.74, 6) is -1.14. The number of carbonyl (C=O) groups excluding carboxylic acids is 1. The number of ether oxygens (including phenoxy) is 2. The Balaban J connectivity index is 1.73. The third kappa shape index (κ3) is 5.04. The highest BCUT2D eigenvalue weighted by Gasteiger charge is 2.17. The van der Waals surface area contributed by atoms with Crippen molar-refractivity contribution < 1.29 is 23.0 Å². The standard InChI is InChI=1S/C27H22BrF2NO3/c1-3-33-27(32)18-5-4-6-22(13-18)31-17(2)7-11-25(31)23-14-20(28)9-12-26(23)34-16-19-8-10-21(29)15-24(19)30/h4-15H,3,16H2,1-2H3. The summed E-state index contributed by atoms with van der Waals surface area (Å²) in [6.45, 7) is 3.97. The summed E-state index contributed by atoms with van der Waals surface area (Å²) in [6, 6.07) is 20.1. The maximum absolute atomic E-state index is 14.1. The number of aryl methyl sites for hydroxylation is 1. The third-order valence-corrected chi connectivity index (χ3v) is 5.80. The zero-order valence-corrected chi connectivity index (χ0v) is 20.2. The van der Waals surface area contributed by atoms with Crippen molar-refractivity contribution in [2.75, 3.05) is 6.61 Å². The van der Waals surface area contributed by atoms with Crippen LogP contribution in [0, 0.1) is 18.6 Å². The molecule has 0 saturated heterocycles. The van der Waals surface area contributed by atoms with Gasteiger partial charge in [-0.15, -0.1) is 0 Å². The second-order valence-electron chi connectivity index (χ2n) is 7.63. The maximum Gasteiger partial charge on any atom is 0.338 e. The van der Waals surface area contributed by atoms with Crippen molar-refractivity contribution in [3.05, 3.63) is 106 Å². The van der Waals surface area contributed by atoms with Gasteiger partial charge in [-0.25, -0.2) is 13.6 Å². The van der Waals surface area contributed by atoms with Crippen molar-refractivity contribution in [1.82, 2.24) is 4.57 Å². The van der Waals surface area contributed by atoms with Crippen LogP contribution in [0.2, 0.25) is 0 Å². The van der Waals surface area contributed by atoms with Crippen LogP contribution >= 0.6 is 15.9 Å². The molecule has 0 aliphatic carbocycles. The number of carbonyl (C=O) groups is 1. The number of rotatable bonds is 7.